The van der Waals surface area contributed by atoms with E-state index in [2.05, 4.69) is 59.8 Å². The first kappa shape index (κ1) is 19.1. The smallest absolute Gasteiger partial charge is 0.221 e. The van der Waals surface area contributed by atoms with Crippen LogP contribution in [0.15, 0.2) is 35.7 Å². The molecule has 0 radical (unpaired) electrons. The molecule has 0 aliphatic carbocycles. The lowest BCUT2D eigenvalue weighted by atomic mass is 9.97. The van der Waals surface area contributed by atoms with Gasteiger partial charge >= 0.3 is 0 Å². The highest BCUT2D eigenvalue weighted by Gasteiger charge is 2.26. The Bertz CT molecular complexity index is 723. The van der Waals surface area contributed by atoms with E-state index in [1.54, 1.807) is 0 Å². The van der Waals surface area contributed by atoms with E-state index in [0.29, 0.717) is 25.4 Å². The van der Waals surface area contributed by atoms with Gasteiger partial charge in [0, 0.05) is 37.5 Å². The van der Waals surface area contributed by atoms with E-state index < -0.39 is 0 Å². The molecule has 0 spiro atoms. The molecule has 1 atom stereocenters. The molecule has 0 fully saturated rings. The minimum Gasteiger partial charge on any atom is -0.354 e. The molecule has 3 N–H and O–H groups in total. The number of thiophene rings is 1. The second-order valence-electron chi connectivity index (χ2n) is 7.27. The topological polar surface area (TPSA) is 58.4 Å². The number of carbonyl (C=O) groups is 1. The van der Waals surface area contributed by atoms with Gasteiger partial charge in [-0.1, -0.05) is 38.1 Å². The second kappa shape index (κ2) is 8.80. The average molecular weight is 372 g/mol. The van der Waals surface area contributed by atoms with Crippen LogP contribution in [0, 0.1) is 0 Å². The SMILES string of the molecule is CC(C)c1ccc(C(CNC(=O)CCN)N2CCc3sccc3C2)cc1. The van der Waals surface area contributed by atoms with Crippen molar-refractivity contribution in [3.8, 4) is 0 Å². The first-order valence-corrected chi connectivity index (χ1v) is 10.3. The molecular weight excluding hydrogens is 342 g/mol. The Morgan fingerprint density at radius 3 is 2.65 bits per heavy atom. The summed E-state index contributed by atoms with van der Waals surface area (Å²) in [5, 5.41) is 5.26. The first-order chi connectivity index (χ1) is 12.6. The molecule has 1 aliphatic heterocycles. The monoisotopic (exact) mass is 371 g/mol. The molecule has 1 amide bonds. The summed E-state index contributed by atoms with van der Waals surface area (Å²) in [7, 11) is 0. The van der Waals surface area contributed by atoms with Crippen LogP contribution in [-0.4, -0.2) is 30.4 Å². The lowest BCUT2D eigenvalue weighted by Gasteiger charge is -2.35. The van der Waals surface area contributed by atoms with Gasteiger partial charge in [0.1, 0.15) is 0 Å². The Hall–Kier alpha value is -1.69. The van der Waals surface area contributed by atoms with E-state index in [-0.39, 0.29) is 11.9 Å². The number of amides is 1. The Morgan fingerprint density at radius 2 is 1.96 bits per heavy atom. The zero-order valence-electron chi connectivity index (χ0n) is 15.7. The van der Waals surface area contributed by atoms with Crippen molar-refractivity contribution in [3.63, 3.8) is 0 Å². The van der Waals surface area contributed by atoms with Gasteiger partial charge in [0.2, 0.25) is 5.91 Å². The van der Waals surface area contributed by atoms with Crippen molar-refractivity contribution in [1.82, 2.24) is 10.2 Å². The maximum absolute atomic E-state index is 12.0. The number of fused-ring (bicyclic) bond motifs is 1. The molecule has 3 rings (SSSR count). The van der Waals surface area contributed by atoms with Gasteiger partial charge in [-0.25, -0.2) is 0 Å². The highest BCUT2D eigenvalue weighted by Crippen LogP contribution is 2.30. The summed E-state index contributed by atoms with van der Waals surface area (Å²) in [6.45, 7) is 7.41. The van der Waals surface area contributed by atoms with Crippen LogP contribution in [-0.2, 0) is 17.8 Å². The van der Waals surface area contributed by atoms with Crippen molar-refractivity contribution in [2.24, 2.45) is 5.73 Å². The normalized spacial score (nSPS) is 15.7. The van der Waals surface area contributed by atoms with Crippen molar-refractivity contribution in [1.29, 1.82) is 0 Å². The molecule has 0 saturated heterocycles. The van der Waals surface area contributed by atoms with E-state index in [1.807, 2.05) is 11.3 Å². The van der Waals surface area contributed by atoms with Crippen LogP contribution in [0.4, 0.5) is 0 Å². The molecule has 0 saturated carbocycles. The number of carbonyl (C=O) groups excluding carboxylic acids is 1. The number of nitrogens with one attached hydrogen (secondary N) is 1. The largest absolute Gasteiger partial charge is 0.354 e. The van der Waals surface area contributed by atoms with Gasteiger partial charge in [-0.05, 0) is 40.5 Å². The molecule has 1 aromatic heterocycles. The van der Waals surface area contributed by atoms with E-state index in [4.69, 9.17) is 5.73 Å². The fourth-order valence-corrected chi connectivity index (χ4v) is 4.42. The molecule has 4 nitrogen and oxygen atoms in total. The number of benzene rings is 1. The third-order valence-corrected chi connectivity index (χ3v) is 6.15. The van der Waals surface area contributed by atoms with E-state index in [0.717, 1.165) is 19.5 Å². The minimum absolute atomic E-state index is 0.0320. The zero-order chi connectivity index (χ0) is 18.5. The number of nitrogens with zero attached hydrogens (tertiary/aromatic N) is 1. The van der Waals surface area contributed by atoms with E-state index >= 15 is 0 Å². The quantitative estimate of drug-likeness (QED) is 0.784. The third-order valence-electron chi connectivity index (χ3n) is 5.13. The Kier molecular flexibility index (Phi) is 6.46. The summed E-state index contributed by atoms with van der Waals surface area (Å²) in [5.74, 6) is 0.555. The fraction of sp³-hybridized carbons (Fsp3) is 0.476. The number of rotatable bonds is 7. The molecule has 2 aromatic rings. The maximum atomic E-state index is 12.0. The highest BCUT2D eigenvalue weighted by molar-refractivity contribution is 7.10. The van der Waals surface area contributed by atoms with Crippen molar-refractivity contribution in [2.75, 3.05) is 19.6 Å². The van der Waals surface area contributed by atoms with Crippen LogP contribution >= 0.6 is 11.3 Å². The predicted octanol–water partition coefficient (Wildman–Crippen LogP) is 3.44. The van der Waals surface area contributed by atoms with E-state index in [9.17, 15) is 4.79 Å². The van der Waals surface area contributed by atoms with Crippen LogP contribution < -0.4 is 11.1 Å². The predicted molar refractivity (Wildman–Crippen MR) is 108 cm³/mol. The van der Waals surface area contributed by atoms with Crippen molar-refractivity contribution < 1.29 is 4.79 Å². The van der Waals surface area contributed by atoms with Gasteiger partial charge in [-0.2, -0.15) is 0 Å². The fourth-order valence-electron chi connectivity index (χ4n) is 3.53. The number of hydrogen-bond donors (Lipinski definition) is 2. The van der Waals surface area contributed by atoms with Crippen LogP contribution in [0.1, 0.15) is 53.8 Å². The van der Waals surface area contributed by atoms with Crippen molar-refractivity contribution >= 4 is 17.2 Å². The van der Waals surface area contributed by atoms with Crippen LogP contribution in [0.25, 0.3) is 0 Å². The maximum Gasteiger partial charge on any atom is 0.221 e. The molecule has 5 heteroatoms. The van der Waals surface area contributed by atoms with E-state index in [1.165, 1.54) is 21.6 Å². The average Bonchev–Trinajstić information content (AvgIpc) is 3.10. The molecule has 2 heterocycles. The molecule has 140 valence electrons. The minimum atomic E-state index is 0.0320. The summed E-state index contributed by atoms with van der Waals surface area (Å²) in [5.41, 5.74) is 9.55. The first-order valence-electron chi connectivity index (χ1n) is 9.44. The van der Waals surface area contributed by atoms with Gasteiger partial charge in [0.25, 0.3) is 0 Å². The zero-order valence-corrected chi connectivity index (χ0v) is 16.5. The van der Waals surface area contributed by atoms with Gasteiger partial charge < -0.3 is 11.1 Å². The lowest BCUT2D eigenvalue weighted by molar-refractivity contribution is -0.121. The Balaban J connectivity index is 1.78. The van der Waals surface area contributed by atoms with Gasteiger partial charge in [-0.3, -0.25) is 9.69 Å². The molecule has 1 aliphatic rings. The molecule has 26 heavy (non-hydrogen) atoms. The lowest BCUT2D eigenvalue weighted by Crippen LogP contribution is -2.40. The third kappa shape index (κ3) is 4.53. The molecule has 0 bridgehead atoms. The number of nitrogens with two attached hydrogens (primary N) is 1. The van der Waals surface area contributed by atoms with Crippen LogP contribution in [0.3, 0.4) is 0 Å². The van der Waals surface area contributed by atoms with Gasteiger partial charge in [0.15, 0.2) is 0 Å². The second-order valence-corrected chi connectivity index (χ2v) is 8.27. The van der Waals surface area contributed by atoms with Crippen LogP contribution in [0.5, 0.6) is 0 Å². The van der Waals surface area contributed by atoms with Crippen LogP contribution in [0.2, 0.25) is 0 Å². The van der Waals surface area contributed by atoms with Crippen molar-refractivity contribution in [2.45, 2.75) is 45.2 Å². The summed E-state index contributed by atoms with van der Waals surface area (Å²) in [4.78, 5) is 15.9. The molecular formula is C21H29N3OS. The summed E-state index contributed by atoms with van der Waals surface area (Å²) in [6, 6.07) is 11.3. The Labute approximate surface area is 160 Å². The summed E-state index contributed by atoms with van der Waals surface area (Å²) >= 11 is 1.85. The van der Waals surface area contributed by atoms with Gasteiger partial charge in [-0.15, -0.1) is 11.3 Å². The highest BCUT2D eigenvalue weighted by atomic mass is 32.1. The van der Waals surface area contributed by atoms with Gasteiger partial charge in [0.05, 0.1) is 6.04 Å². The van der Waals surface area contributed by atoms with Crippen molar-refractivity contribution in [3.05, 3.63) is 57.3 Å². The summed E-state index contributed by atoms with van der Waals surface area (Å²) in [6.07, 6.45) is 1.47. The Morgan fingerprint density at radius 1 is 1.23 bits per heavy atom. The molecule has 1 unspecified atom stereocenters. The molecule has 1 aromatic carbocycles. The standard InChI is InChI=1S/C21H29N3OS/c1-15(2)16-3-5-17(6-4-16)19(13-23-21(25)7-10-22)24-11-8-20-18(14-24)9-12-26-20/h3-6,9,12,15,19H,7-8,10-11,13-14,22H2,1-2H3,(H,23,25). The summed E-state index contributed by atoms with van der Waals surface area (Å²) < 4.78 is 0. The number of hydrogen-bond acceptors (Lipinski definition) is 4.